The maximum atomic E-state index is 11.9. The monoisotopic (exact) mass is 351 g/mol. The number of hydrogen-bond donors (Lipinski definition) is 2. The molecule has 4 nitrogen and oxygen atoms in total. The van der Waals surface area contributed by atoms with Gasteiger partial charge in [-0.2, -0.15) is 0 Å². The third kappa shape index (κ3) is 4.53. The standard InChI is InChI=1S/C16H22BrN3O/c17-13-1-3-14(4-2-13)19-16(21)10-18-9-12-7-8-20(11-12)15-5-6-15/h1-4,12,15,18H,5-11H2,(H,19,21). The Labute approximate surface area is 134 Å². The lowest BCUT2D eigenvalue weighted by Gasteiger charge is -2.15. The van der Waals surface area contributed by atoms with Crippen molar-refractivity contribution >= 4 is 27.5 Å². The maximum absolute atomic E-state index is 11.9. The van der Waals surface area contributed by atoms with Crippen LogP contribution in [0.4, 0.5) is 5.69 Å². The van der Waals surface area contributed by atoms with Crippen molar-refractivity contribution in [2.75, 3.05) is 31.5 Å². The second-order valence-electron chi connectivity index (χ2n) is 6.07. The van der Waals surface area contributed by atoms with Crippen molar-refractivity contribution in [2.45, 2.75) is 25.3 Å². The number of likely N-dealkylation sites (tertiary alicyclic amines) is 1. The minimum atomic E-state index is 0.0226. The second kappa shape index (κ2) is 6.90. The highest BCUT2D eigenvalue weighted by atomic mass is 79.9. The molecule has 0 spiro atoms. The molecule has 2 aliphatic rings. The van der Waals surface area contributed by atoms with E-state index in [-0.39, 0.29) is 5.91 Å². The molecule has 2 fully saturated rings. The fraction of sp³-hybridized carbons (Fsp3) is 0.562. The molecule has 1 saturated carbocycles. The van der Waals surface area contributed by atoms with E-state index >= 15 is 0 Å². The number of rotatable bonds is 6. The van der Waals surface area contributed by atoms with Gasteiger partial charge in [-0.3, -0.25) is 4.79 Å². The van der Waals surface area contributed by atoms with Crippen molar-refractivity contribution in [1.29, 1.82) is 0 Å². The molecule has 1 atom stereocenters. The molecule has 0 bridgehead atoms. The smallest absolute Gasteiger partial charge is 0.238 e. The molecule has 1 aromatic rings. The third-order valence-electron chi connectivity index (χ3n) is 4.23. The fourth-order valence-corrected chi connectivity index (χ4v) is 3.19. The minimum absolute atomic E-state index is 0.0226. The molecule has 0 aromatic heterocycles. The predicted molar refractivity (Wildman–Crippen MR) is 88.3 cm³/mol. The first kappa shape index (κ1) is 15.0. The predicted octanol–water partition coefficient (Wildman–Crippen LogP) is 2.46. The summed E-state index contributed by atoms with van der Waals surface area (Å²) < 4.78 is 1.01. The van der Waals surface area contributed by atoms with Gasteiger partial charge in [0.2, 0.25) is 5.91 Å². The van der Waals surface area contributed by atoms with Crippen LogP contribution in [-0.2, 0) is 4.79 Å². The van der Waals surface area contributed by atoms with Gasteiger partial charge < -0.3 is 15.5 Å². The van der Waals surface area contributed by atoms with Crippen LogP contribution in [0.15, 0.2) is 28.7 Å². The molecular weight excluding hydrogens is 330 g/mol. The third-order valence-corrected chi connectivity index (χ3v) is 4.76. The number of hydrogen-bond acceptors (Lipinski definition) is 3. The van der Waals surface area contributed by atoms with Gasteiger partial charge in [0, 0.05) is 22.7 Å². The van der Waals surface area contributed by atoms with Crippen LogP contribution in [-0.4, -0.2) is 43.0 Å². The summed E-state index contributed by atoms with van der Waals surface area (Å²) in [6.07, 6.45) is 4.03. The van der Waals surface area contributed by atoms with E-state index in [9.17, 15) is 4.79 Å². The number of halogens is 1. The maximum Gasteiger partial charge on any atom is 0.238 e. The normalized spacial score (nSPS) is 22.4. The summed E-state index contributed by atoms with van der Waals surface area (Å²) in [7, 11) is 0. The van der Waals surface area contributed by atoms with Gasteiger partial charge >= 0.3 is 0 Å². The highest BCUT2D eigenvalue weighted by Gasteiger charge is 2.33. The van der Waals surface area contributed by atoms with Gasteiger partial charge in [-0.1, -0.05) is 15.9 Å². The van der Waals surface area contributed by atoms with E-state index in [1.165, 1.54) is 32.4 Å². The summed E-state index contributed by atoms with van der Waals surface area (Å²) in [5, 5.41) is 6.19. The van der Waals surface area contributed by atoms with E-state index in [2.05, 4.69) is 31.5 Å². The molecule has 3 rings (SSSR count). The topological polar surface area (TPSA) is 44.4 Å². The zero-order valence-corrected chi connectivity index (χ0v) is 13.7. The molecule has 0 radical (unpaired) electrons. The number of benzene rings is 1. The Kier molecular flexibility index (Phi) is 4.93. The van der Waals surface area contributed by atoms with Crippen LogP contribution in [0.25, 0.3) is 0 Å². The molecule has 1 unspecified atom stereocenters. The lowest BCUT2D eigenvalue weighted by Crippen LogP contribution is -2.33. The molecule has 1 amide bonds. The second-order valence-corrected chi connectivity index (χ2v) is 6.98. The van der Waals surface area contributed by atoms with Crippen molar-refractivity contribution < 1.29 is 4.79 Å². The summed E-state index contributed by atoms with van der Waals surface area (Å²) in [5.41, 5.74) is 0.839. The number of carbonyl (C=O) groups is 1. The average Bonchev–Trinajstić information content (AvgIpc) is 3.22. The van der Waals surface area contributed by atoms with Gasteiger partial charge in [0.05, 0.1) is 6.54 Å². The van der Waals surface area contributed by atoms with Gasteiger partial charge in [0.15, 0.2) is 0 Å². The van der Waals surface area contributed by atoms with E-state index in [0.717, 1.165) is 22.7 Å². The molecule has 1 heterocycles. The Morgan fingerprint density at radius 1 is 1.24 bits per heavy atom. The summed E-state index contributed by atoms with van der Waals surface area (Å²) in [4.78, 5) is 14.5. The van der Waals surface area contributed by atoms with Crippen LogP contribution in [0.3, 0.4) is 0 Å². The lowest BCUT2D eigenvalue weighted by molar-refractivity contribution is -0.115. The lowest BCUT2D eigenvalue weighted by atomic mass is 10.1. The van der Waals surface area contributed by atoms with Crippen molar-refractivity contribution in [2.24, 2.45) is 5.92 Å². The van der Waals surface area contributed by atoms with Crippen LogP contribution in [0.5, 0.6) is 0 Å². The van der Waals surface area contributed by atoms with E-state index in [1.54, 1.807) is 0 Å². The van der Waals surface area contributed by atoms with Crippen molar-refractivity contribution in [3.63, 3.8) is 0 Å². The van der Waals surface area contributed by atoms with Gasteiger partial charge in [-0.15, -0.1) is 0 Å². The highest BCUT2D eigenvalue weighted by Crippen LogP contribution is 2.31. The van der Waals surface area contributed by atoms with Crippen molar-refractivity contribution in [3.8, 4) is 0 Å². The van der Waals surface area contributed by atoms with E-state index in [0.29, 0.717) is 12.5 Å². The molecule has 114 valence electrons. The first-order valence-corrected chi connectivity index (χ1v) is 8.50. The Balaban J connectivity index is 1.33. The number of carbonyl (C=O) groups excluding carboxylic acids is 1. The highest BCUT2D eigenvalue weighted by molar-refractivity contribution is 9.10. The van der Waals surface area contributed by atoms with Crippen LogP contribution < -0.4 is 10.6 Å². The SMILES string of the molecule is O=C(CNCC1CCN(C2CC2)C1)Nc1ccc(Br)cc1. The molecule has 5 heteroatoms. The largest absolute Gasteiger partial charge is 0.325 e. The summed E-state index contributed by atoms with van der Waals surface area (Å²) in [6, 6.07) is 8.51. The van der Waals surface area contributed by atoms with E-state index in [1.807, 2.05) is 24.3 Å². The zero-order valence-electron chi connectivity index (χ0n) is 12.1. The number of nitrogens with zero attached hydrogens (tertiary/aromatic N) is 1. The minimum Gasteiger partial charge on any atom is -0.325 e. The quantitative estimate of drug-likeness (QED) is 0.827. The average molecular weight is 352 g/mol. The number of anilines is 1. The molecule has 2 N–H and O–H groups in total. The van der Waals surface area contributed by atoms with Crippen molar-refractivity contribution in [3.05, 3.63) is 28.7 Å². The Bertz CT molecular complexity index is 487. The number of nitrogens with one attached hydrogen (secondary N) is 2. The summed E-state index contributed by atoms with van der Waals surface area (Å²) in [5.74, 6) is 0.723. The Morgan fingerprint density at radius 3 is 2.71 bits per heavy atom. The van der Waals surface area contributed by atoms with Gasteiger partial charge in [-0.25, -0.2) is 0 Å². The van der Waals surface area contributed by atoms with Crippen LogP contribution in [0.1, 0.15) is 19.3 Å². The number of amides is 1. The first-order chi connectivity index (χ1) is 10.2. The van der Waals surface area contributed by atoms with Gasteiger partial charge in [0.1, 0.15) is 0 Å². The molecule has 1 aliphatic heterocycles. The molecule has 1 aliphatic carbocycles. The zero-order chi connectivity index (χ0) is 14.7. The van der Waals surface area contributed by atoms with E-state index < -0.39 is 0 Å². The first-order valence-electron chi connectivity index (χ1n) is 7.71. The van der Waals surface area contributed by atoms with Crippen LogP contribution >= 0.6 is 15.9 Å². The Hall–Kier alpha value is -0.910. The molecule has 1 saturated heterocycles. The Morgan fingerprint density at radius 2 is 2.00 bits per heavy atom. The van der Waals surface area contributed by atoms with Crippen LogP contribution in [0.2, 0.25) is 0 Å². The summed E-state index contributed by atoms with van der Waals surface area (Å²) in [6.45, 7) is 3.76. The molecular formula is C16H22BrN3O. The summed E-state index contributed by atoms with van der Waals surface area (Å²) >= 11 is 3.38. The fourth-order valence-electron chi connectivity index (χ4n) is 2.93. The van der Waals surface area contributed by atoms with Crippen LogP contribution in [0, 0.1) is 5.92 Å². The molecule has 1 aromatic carbocycles. The molecule has 21 heavy (non-hydrogen) atoms. The van der Waals surface area contributed by atoms with E-state index in [4.69, 9.17) is 0 Å². The van der Waals surface area contributed by atoms with Gasteiger partial charge in [0.25, 0.3) is 0 Å². The van der Waals surface area contributed by atoms with Crippen molar-refractivity contribution in [1.82, 2.24) is 10.2 Å². The van der Waals surface area contributed by atoms with Gasteiger partial charge in [-0.05, 0) is 62.5 Å².